The molecule has 1 aliphatic rings. The van der Waals surface area contributed by atoms with E-state index in [2.05, 4.69) is 0 Å². The Hall–Kier alpha value is -0.940. The molecule has 2 N–H and O–H groups in total. The van der Waals surface area contributed by atoms with Crippen LogP contribution >= 0.6 is 0 Å². The highest BCUT2D eigenvalue weighted by molar-refractivity contribution is 5.13. The number of benzene rings is 1. The number of hydrogen-bond acceptors (Lipinski definition) is 4. The Balaban J connectivity index is 1.85. The fraction of sp³-hybridized carbons (Fsp3) is 0.538. The molecule has 17 heavy (non-hydrogen) atoms. The summed E-state index contributed by atoms with van der Waals surface area (Å²) in [5.74, 6) is 0. The summed E-state index contributed by atoms with van der Waals surface area (Å²) in [7, 11) is 0. The maximum absolute atomic E-state index is 9.32. The van der Waals surface area contributed by atoms with Crippen LogP contribution in [0.15, 0.2) is 30.3 Å². The van der Waals surface area contributed by atoms with Crippen LogP contribution < -0.4 is 0 Å². The van der Waals surface area contributed by atoms with Crippen LogP contribution in [0.2, 0.25) is 0 Å². The van der Waals surface area contributed by atoms with E-state index in [0.717, 1.165) is 5.56 Å². The van der Waals surface area contributed by atoms with E-state index in [1.807, 2.05) is 30.3 Å². The maximum atomic E-state index is 9.32. The van der Waals surface area contributed by atoms with Gasteiger partial charge in [-0.1, -0.05) is 30.3 Å². The molecule has 1 aromatic rings. The summed E-state index contributed by atoms with van der Waals surface area (Å²) in [5.41, 5.74) is 1.09. The fourth-order valence-corrected chi connectivity index (χ4v) is 1.98. The van der Waals surface area contributed by atoms with Crippen molar-refractivity contribution in [2.45, 2.75) is 37.9 Å². The molecule has 4 nitrogen and oxygen atoms in total. The predicted molar refractivity (Wildman–Crippen MR) is 62.2 cm³/mol. The molecule has 1 saturated heterocycles. The maximum Gasteiger partial charge on any atom is 0.155 e. The minimum absolute atomic E-state index is 0.128. The molecular formula is C13H18O4. The lowest BCUT2D eigenvalue weighted by molar-refractivity contribution is -0.220. The van der Waals surface area contributed by atoms with Crippen LogP contribution in [0.3, 0.4) is 0 Å². The standard InChI is InChI=1S/C13H18O4/c14-8-12-11(6-7-13(15)17-12)16-9-10-4-2-1-3-5-10/h1-5,11-15H,6-9H2/t11-,12+,13-/m0/s1. The molecule has 2 rings (SSSR count). The lowest BCUT2D eigenvalue weighted by Gasteiger charge is -2.33. The molecule has 1 aliphatic heterocycles. The van der Waals surface area contributed by atoms with E-state index in [0.29, 0.717) is 19.4 Å². The summed E-state index contributed by atoms with van der Waals surface area (Å²) in [5, 5.41) is 18.5. The molecule has 1 fully saturated rings. The van der Waals surface area contributed by atoms with Crippen molar-refractivity contribution in [2.75, 3.05) is 6.61 Å². The highest BCUT2D eigenvalue weighted by atomic mass is 16.6. The number of ether oxygens (including phenoxy) is 2. The second-order valence-electron chi connectivity index (χ2n) is 4.22. The highest BCUT2D eigenvalue weighted by Crippen LogP contribution is 2.21. The van der Waals surface area contributed by atoms with Gasteiger partial charge in [0.05, 0.1) is 19.3 Å². The van der Waals surface area contributed by atoms with Gasteiger partial charge in [-0.25, -0.2) is 0 Å². The van der Waals surface area contributed by atoms with E-state index >= 15 is 0 Å². The van der Waals surface area contributed by atoms with Gasteiger partial charge in [-0.3, -0.25) is 0 Å². The lowest BCUT2D eigenvalue weighted by Crippen LogP contribution is -2.42. The fourth-order valence-electron chi connectivity index (χ4n) is 1.98. The zero-order valence-corrected chi connectivity index (χ0v) is 9.66. The number of rotatable bonds is 4. The van der Waals surface area contributed by atoms with Crippen molar-refractivity contribution in [3.05, 3.63) is 35.9 Å². The molecule has 1 heterocycles. The van der Waals surface area contributed by atoms with Crippen molar-refractivity contribution >= 4 is 0 Å². The average Bonchev–Trinajstić information content (AvgIpc) is 2.38. The van der Waals surface area contributed by atoms with Crippen molar-refractivity contribution in [3.63, 3.8) is 0 Å². The monoisotopic (exact) mass is 238 g/mol. The van der Waals surface area contributed by atoms with Crippen LogP contribution in [0, 0.1) is 0 Å². The van der Waals surface area contributed by atoms with Crippen LogP contribution in [0.1, 0.15) is 18.4 Å². The van der Waals surface area contributed by atoms with Gasteiger partial charge in [-0.05, 0) is 12.0 Å². The van der Waals surface area contributed by atoms with E-state index in [1.165, 1.54) is 0 Å². The molecule has 0 aromatic heterocycles. The molecule has 1 aromatic carbocycles. The van der Waals surface area contributed by atoms with Crippen LogP contribution in [0.5, 0.6) is 0 Å². The van der Waals surface area contributed by atoms with Crippen molar-refractivity contribution in [1.82, 2.24) is 0 Å². The van der Waals surface area contributed by atoms with Gasteiger partial charge in [-0.2, -0.15) is 0 Å². The van der Waals surface area contributed by atoms with Crippen LogP contribution in [0.25, 0.3) is 0 Å². The molecule has 0 bridgehead atoms. The van der Waals surface area contributed by atoms with Gasteiger partial charge < -0.3 is 19.7 Å². The first-order valence-electron chi connectivity index (χ1n) is 5.89. The average molecular weight is 238 g/mol. The van der Waals surface area contributed by atoms with Gasteiger partial charge in [0.15, 0.2) is 6.29 Å². The molecule has 0 amide bonds. The largest absolute Gasteiger partial charge is 0.394 e. The molecule has 0 aliphatic carbocycles. The molecule has 94 valence electrons. The van der Waals surface area contributed by atoms with Gasteiger partial charge in [0.25, 0.3) is 0 Å². The first-order valence-corrected chi connectivity index (χ1v) is 5.89. The summed E-state index contributed by atoms with van der Waals surface area (Å²) in [6.45, 7) is 0.373. The summed E-state index contributed by atoms with van der Waals surface area (Å²) < 4.78 is 10.9. The molecular weight excluding hydrogens is 220 g/mol. The summed E-state index contributed by atoms with van der Waals surface area (Å²) in [6.07, 6.45) is -0.0929. The first-order chi connectivity index (χ1) is 8.29. The van der Waals surface area contributed by atoms with Crippen LogP contribution in [0.4, 0.5) is 0 Å². The van der Waals surface area contributed by atoms with Crippen molar-refractivity contribution in [3.8, 4) is 0 Å². The predicted octanol–water partition coefficient (Wildman–Crippen LogP) is 1.06. The Morgan fingerprint density at radius 1 is 1.24 bits per heavy atom. The van der Waals surface area contributed by atoms with Crippen LogP contribution in [-0.4, -0.2) is 35.3 Å². The Bertz CT molecular complexity index is 327. The second-order valence-corrected chi connectivity index (χ2v) is 4.22. The molecule has 0 radical (unpaired) electrons. The zero-order chi connectivity index (χ0) is 12.1. The Labute approximate surface area is 101 Å². The molecule has 0 unspecified atom stereocenters. The van der Waals surface area contributed by atoms with Crippen LogP contribution in [-0.2, 0) is 16.1 Å². The van der Waals surface area contributed by atoms with Crippen molar-refractivity contribution < 1.29 is 19.7 Å². The molecule has 0 spiro atoms. The second kappa shape index (κ2) is 6.12. The molecule has 3 atom stereocenters. The molecule has 0 saturated carbocycles. The van der Waals surface area contributed by atoms with E-state index in [1.54, 1.807) is 0 Å². The van der Waals surface area contributed by atoms with Gasteiger partial charge in [0.2, 0.25) is 0 Å². The summed E-state index contributed by atoms with van der Waals surface area (Å²) in [4.78, 5) is 0. The number of aliphatic hydroxyl groups excluding tert-OH is 2. The minimum Gasteiger partial charge on any atom is -0.394 e. The normalized spacial score (nSPS) is 29.2. The third kappa shape index (κ3) is 3.51. The molecule has 4 heteroatoms. The third-order valence-corrected chi connectivity index (χ3v) is 2.93. The third-order valence-electron chi connectivity index (χ3n) is 2.93. The Morgan fingerprint density at radius 2 is 2.00 bits per heavy atom. The SMILES string of the molecule is OC[C@H]1O[C@H](O)CC[C@@H]1OCc1ccccc1. The highest BCUT2D eigenvalue weighted by Gasteiger charge is 2.30. The smallest absolute Gasteiger partial charge is 0.155 e. The van der Waals surface area contributed by atoms with Gasteiger partial charge in [0.1, 0.15) is 6.10 Å². The van der Waals surface area contributed by atoms with Crippen molar-refractivity contribution in [1.29, 1.82) is 0 Å². The lowest BCUT2D eigenvalue weighted by atomic mass is 10.1. The minimum atomic E-state index is -0.774. The van der Waals surface area contributed by atoms with E-state index in [9.17, 15) is 5.11 Å². The Morgan fingerprint density at radius 3 is 2.71 bits per heavy atom. The van der Waals surface area contributed by atoms with Gasteiger partial charge >= 0.3 is 0 Å². The summed E-state index contributed by atoms with van der Waals surface area (Å²) >= 11 is 0. The quantitative estimate of drug-likeness (QED) is 0.823. The summed E-state index contributed by atoms with van der Waals surface area (Å²) in [6, 6.07) is 9.87. The van der Waals surface area contributed by atoms with Gasteiger partial charge in [0, 0.05) is 6.42 Å². The van der Waals surface area contributed by atoms with E-state index < -0.39 is 12.4 Å². The zero-order valence-electron chi connectivity index (χ0n) is 9.66. The van der Waals surface area contributed by atoms with E-state index in [-0.39, 0.29) is 12.7 Å². The van der Waals surface area contributed by atoms with E-state index in [4.69, 9.17) is 14.6 Å². The van der Waals surface area contributed by atoms with Gasteiger partial charge in [-0.15, -0.1) is 0 Å². The Kier molecular flexibility index (Phi) is 4.50. The van der Waals surface area contributed by atoms with Crippen molar-refractivity contribution in [2.24, 2.45) is 0 Å². The number of hydrogen-bond donors (Lipinski definition) is 2. The first kappa shape index (κ1) is 12.5. The topological polar surface area (TPSA) is 58.9 Å². The number of aliphatic hydroxyl groups is 2.